The molecule has 1 aromatic rings. The number of hydrogen-bond acceptors (Lipinski definition) is 5. The van der Waals surface area contributed by atoms with Crippen molar-refractivity contribution in [1.82, 2.24) is 5.32 Å². The number of nitrogens with zero attached hydrogens (tertiary/aromatic N) is 1. The van der Waals surface area contributed by atoms with Crippen molar-refractivity contribution < 1.29 is 9.53 Å². The van der Waals surface area contributed by atoms with E-state index >= 15 is 0 Å². The van der Waals surface area contributed by atoms with Gasteiger partial charge in [-0.05, 0) is 26.0 Å². The number of carbonyl (C=O) groups is 1. The minimum absolute atomic E-state index is 0.0625. The minimum atomic E-state index is -0.635. The number of nitrogens with one attached hydrogen (secondary N) is 2. The van der Waals surface area contributed by atoms with Crippen LogP contribution in [0.1, 0.15) is 13.8 Å². The lowest BCUT2D eigenvalue weighted by atomic mass is 10.2. The quantitative estimate of drug-likeness (QED) is 0.464. The molecule has 0 fully saturated rings. The predicted octanol–water partition coefficient (Wildman–Crippen LogP) is 2.01. The maximum Gasteiger partial charge on any atom is 0.352 e. The van der Waals surface area contributed by atoms with Crippen LogP contribution < -0.4 is 10.6 Å². The van der Waals surface area contributed by atoms with Crippen molar-refractivity contribution in [2.75, 3.05) is 18.5 Å². The van der Waals surface area contributed by atoms with Crippen LogP contribution in [0.5, 0.6) is 0 Å². The zero-order chi connectivity index (χ0) is 14.1. The number of benzene rings is 1. The molecule has 0 aromatic heterocycles. The first kappa shape index (κ1) is 14.6. The van der Waals surface area contributed by atoms with Crippen LogP contribution in [-0.4, -0.2) is 19.1 Å². The molecule has 0 bridgehead atoms. The molecule has 0 spiro atoms. The van der Waals surface area contributed by atoms with Crippen molar-refractivity contribution in [2.45, 2.75) is 13.8 Å². The molecule has 100 valence electrons. The lowest BCUT2D eigenvalue weighted by Gasteiger charge is -2.14. The van der Waals surface area contributed by atoms with Crippen molar-refractivity contribution in [3.63, 3.8) is 0 Å². The second kappa shape index (κ2) is 7.77. The van der Waals surface area contributed by atoms with Gasteiger partial charge in [0.05, 0.1) is 6.61 Å². The van der Waals surface area contributed by atoms with Crippen LogP contribution in [0.4, 0.5) is 5.69 Å². The number of nitriles is 1. The van der Waals surface area contributed by atoms with Gasteiger partial charge in [-0.3, -0.25) is 0 Å². The fraction of sp³-hybridized carbons (Fsp3) is 0.286. The largest absolute Gasteiger partial charge is 0.462 e. The highest BCUT2D eigenvalue weighted by atomic mass is 16.5. The molecule has 0 radical (unpaired) electrons. The Morgan fingerprint density at radius 1 is 1.32 bits per heavy atom. The van der Waals surface area contributed by atoms with Crippen LogP contribution >= 0.6 is 0 Å². The lowest BCUT2D eigenvalue weighted by molar-refractivity contribution is -0.138. The van der Waals surface area contributed by atoms with Gasteiger partial charge in [0.1, 0.15) is 11.9 Å². The molecule has 0 aliphatic carbocycles. The molecule has 0 heterocycles. The number of esters is 1. The number of hydrogen-bond donors (Lipinski definition) is 2. The average molecular weight is 259 g/mol. The number of para-hydroxylation sites is 1. The van der Waals surface area contributed by atoms with E-state index in [9.17, 15) is 4.79 Å². The maximum absolute atomic E-state index is 11.7. The summed E-state index contributed by atoms with van der Waals surface area (Å²) in [7, 11) is 0. The maximum atomic E-state index is 11.7. The summed E-state index contributed by atoms with van der Waals surface area (Å²) < 4.78 is 4.86. The van der Waals surface area contributed by atoms with Crippen molar-refractivity contribution in [3.05, 3.63) is 41.7 Å². The molecule has 1 rings (SSSR count). The first-order valence-corrected chi connectivity index (χ1v) is 6.10. The molecule has 19 heavy (non-hydrogen) atoms. The molecular formula is C14H17N3O2. The number of ether oxygens (including phenoxy) is 1. The standard InChI is InChI=1S/C14H17N3O2/c1-3-16-13(12(10-15)14(18)19-4-2)17-11-8-6-5-7-9-11/h5-9,16-17H,3-4H2,1-2H3. The van der Waals surface area contributed by atoms with Gasteiger partial charge in [0.25, 0.3) is 0 Å². The Labute approximate surface area is 112 Å². The van der Waals surface area contributed by atoms with Gasteiger partial charge in [-0.15, -0.1) is 0 Å². The smallest absolute Gasteiger partial charge is 0.352 e. The van der Waals surface area contributed by atoms with E-state index in [1.807, 2.05) is 43.3 Å². The van der Waals surface area contributed by atoms with E-state index in [4.69, 9.17) is 10.00 Å². The van der Waals surface area contributed by atoms with Crippen LogP contribution in [0.3, 0.4) is 0 Å². The summed E-state index contributed by atoms with van der Waals surface area (Å²) in [6.07, 6.45) is 0. The molecule has 5 heteroatoms. The molecule has 5 nitrogen and oxygen atoms in total. The normalized spacial score (nSPS) is 11.0. The van der Waals surface area contributed by atoms with Crippen molar-refractivity contribution in [1.29, 1.82) is 5.26 Å². The van der Waals surface area contributed by atoms with Gasteiger partial charge in [0.15, 0.2) is 5.57 Å². The lowest BCUT2D eigenvalue weighted by Crippen LogP contribution is -2.24. The monoisotopic (exact) mass is 259 g/mol. The third-order valence-electron chi connectivity index (χ3n) is 2.24. The summed E-state index contributed by atoms with van der Waals surface area (Å²) in [5, 5.41) is 15.1. The van der Waals surface area contributed by atoms with E-state index in [-0.39, 0.29) is 12.2 Å². The average Bonchev–Trinajstić information content (AvgIpc) is 2.41. The van der Waals surface area contributed by atoms with Gasteiger partial charge in [-0.25, -0.2) is 4.79 Å². The van der Waals surface area contributed by atoms with Crippen LogP contribution in [0.15, 0.2) is 41.7 Å². The van der Waals surface area contributed by atoms with Crippen LogP contribution in [-0.2, 0) is 9.53 Å². The number of rotatable bonds is 6. The van der Waals surface area contributed by atoms with Crippen molar-refractivity contribution in [3.8, 4) is 6.07 Å². The Morgan fingerprint density at radius 2 is 2.00 bits per heavy atom. The summed E-state index contributed by atoms with van der Waals surface area (Å²) in [6, 6.07) is 11.2. The van der Waals surface area contributed by atoms with Crippen LogP contribution in [0.25, 0.3) is 0 Å². The van der Waals surface area contributed by atoms with Crippen LogP contribution in [0, 0.1) is 11.3 Å². The Balaban J connectivity index is 3.02. The first-order valence-electron chi connectivity index (χ1n) is 6.10. The molecule has 0 amide bonds. The Kier molecular flexibility index (Phi) is 5.96. The molecule has 0 aliphatic heterocycles. The molecular weight excluding hydrogens is 242 g/mol. The summed E-state index contributed by atoms with van der Waals surface area (Å²) in [6.45, 7) is 4.39. The Hall–Kier alpha value is -2.48. The zero-order valence-corrected chi connectivity index (χ0v) is 11.1. The SMILES string of the molecule is CCNC(Nc1ccccc1)=C(C#N)C(=O)OCC. The van der Waals surface area contributed by atoms with Gasteiger partial charge in [-0.2, -0.15) is 5.26 Å². The molecule has 1 aromatic carbocycles. The van der Waals surface area contributed by atoms with Gasteiger partial charge in [-0.1, -0.05) is 18.2 Å². The molecule has 0 unspecified atom stereocenters. The Morgan fingerprint density at radius 3 is 2.53 bits per heavy atom. The first-order chi connectivity index (χ1) is 9.22. The number of carbonyl (C=O) groups excluding carboxylic acids is 1. The number of anilines is 1. The summed E-state index contributed by atoms with van der Waals surface area (Å²) >= 11 is 0. The minimum Gasteiger partial charge on any atom is -0.462 e. The zero-order valence-electron chi connectivity index (χ0n) is 11.1. The van der Waals surface area contributed by atoms with Gasteiger partial charge in [0, 0.05) is 12.2 Å². The summed E-state index contributed by atoms with van der Waals surface area (Å²) in [5.74, 6) is -0.279. The second-order valence-corrected chi connectivity index (χ2v) is 3.60. The van der Waals surface area contributed by atoms with E-state index in [0.717, 1.165) is 5.69 Å². The second-order valence-electron chi connectivity index (χ2n) is 3.60. The van der Waals surface area contributed by atoms with E-state index in [2.05, 4.69) is 10.6 Å². The van der Waals surface area contributed by atoms with E-state index < -0.39 is 5.97 Å². The highest BCUT2D eigenvalue weighted by Crippen LogP contribution is 2.11. The predicted molar refractivity (Wildman–Crippen MR) is 73.0 cm³/mol. The topological polar surface area (TPSA) is 74.1 Å². The highest BCUT2D eigenvalue weighted by Gasteiger charge is 2.16. The fourth-order valence-corrected chi connectivity index (χ4v) is 1.44. The highest BCUT2D eigenvalue weighted by molar-refractivity contribution is 5.94. The van der Waals surface area contributed by atoms with Crippen molar-refractivity contribution >= 4 is 11.7 Å². The van der Waals surface area contributed by atoms with Gasteiger partial charge >= 0.3 is 5.97 Å². The fourth-order valence-electron chi connectivity index (χ4n) is 1.44. The third-order valence-corrected chi connectivity index (χ3v) is 2.24. The molecule has 2 N–H and O–H groups in total. The third kappa shape index (κ3) is 4.36. The van der Waals surface area contributed by atoms with Gasteiger partial charge in [0.2, 0.25) is 0 Å². The summed E-state index contributed by atoms with van der Waals surface area (Å²) in [4.78, 5) is 11.7. The Bertz CT molecular complexity index is 489. The van der Waals surface area contributed by atoms with Crippen LogP contribution in [0.2, 0.25) is 0 Å². The summed E-state index contributed by atoms with van der Waals surface area (Å²) in [5.41, 5.74) is 0.725. The molecule has 0 saturated carbocycles. The molecule has 0 atom stereocenters. The van der Waals surface area contributed by atoms with E-state index in [1.54, 1.807) is 6.92 Å². The van der Waals surface area contributed by atoms with Crippen molar-refractivity contribution in [2.24, 2.45) is 0 Å². The van der Waals surface area contributed by atoms with E-state index in [0.29, 0.717) is 12.4 Å². The molecule has 0 aliphatic rings. The molecule has 0 saturated heterocycles. The van der Waals surface area contributed by atoms with E-state index in [1.165, 1.54) is 0 Å². The van der Waals surface area contributed by atoms with Gasteiger partial charge < -0.3 is 15.4 Å².